The Morgan fingerprint density at radius 2 is 1.73 bits per heavy atom. The third-order valence-corrected chi connectivity index (χ3v) is 6.62. The zero-order valence-electron chi connectivity index (χ0n) is 18.2. The van der Waals surface area contributed by atoms with E-state index in [1.807, 2.05) is 12.3 Å². The van der Waals surface area contributed by atoms with E-state index in [9.17, 15) is 0 Å². The molecule has 1 aliphatic heterocycles. The van der Waals surface area contributed by atoms with Gasteiger partial charge in [0, 0.05) is 35.4 Å². The predicted octanol–water partition coefficient (Wildman–Crippen LogP) is 5.57. The van der Waals surface area contributed by atoms with Crippen molar-refractivity contribution in [3.63, 3.8) is 0 Å². The normalized spacial score (nSPS) is 18.7. The predicted molar refractivity (Wildman–Crippen MR) is 127 cm³/mol. The summed E-state index contributed by atoms with van der Waals surface area (Å²) in [6.45, 7) is 9.87. The average Bonchev–Trinajstić information content (AvgIpc) is 3.20. The topological polar surface area (TPSA) is 33.1 Å². The summed E-state index contributed by atoms with van der Waals surface area (Å²) in [6, 6.07) is 16.9. The van der Waals surface area contributed by atoms with Crippen molar-refractivity contribution in [3.05, 3.63) is 82.9 Å². The zero-order valence-corrected chi connectivity index (χ0v) is 19.0. The maximum absolute atomic E-state index is 5.81. The number of para-hydroxylation sites is 1. The first kappa shape index (κ1) is 20.6. The van der Waals surface area contributed by atoms with Crippen LogP contribution in [-0.2, 0) is 0 Å². The second-order valence-corrected chi connectivity index (χ2v) is 8.44. The van der Waals surface area contributed by atoms with Gasteiger partial charge in [0.25, 0.3) is 0 Å². The fourth-order valence-corrected chi connectivity index (χ4v) is 5.03. The van der Waals surface area contributed by atoms with Crippen molar-refractivity contribution in [1.82, 2.24) is 19.8 Å². The number of thiocarbonyl (C=S) groups is 1. The largest absolute Gasteiger partial charge is 0.352 e. The maximum Gasteiger partial charge on any atom is 0.170 e. The van der Waals surface area contributed by atoms with Crippen LogP contribution in [0.3, 0.4) is 0 Å². The number of nitrogens with one attached hydrogen (secondary N) is 1. The molecule has 156 valence electrons. The molecule has 4 nitrogen and oxygen atoms in total. The third kappa shape index (κ3) is 3.52. The van der Waals surface area contributed by atoms with Crippen LogP contribution in [0, 0.1) is 20.8 Å². The fraction of sp³-hybridized carbons (Fsp3) is 0.360. The van der Waals surface area contributed by atoms with E-state index in [0.29, 0.717) is 0 Å². The highest BCUT2D eigenvalue weighted by atomic mass is 32.1. The van der Waals surface area contributed by atoms with Crippen molar-refractivity contribution in [2.24, 2.45) is 0 Å². The van der Waals surface area contributed by atoms with E-state index < -0.39 is 0 Å². The molecule has 1 aliphatic rings. The molecule has 30 heavy (non-hydrogen) atoms. The molecule has 1 aromatic carbocycles. The van der Waals surface area contributed by atoms with Crippen LogP contribution in [0.15, 0.2) is 54.7 Å². The van der Waals surface area contributed by atoms with E-state index in [0.717, 1.165) is 30.2 Å². The SMILES string of the molecule is CCCCN1C(=S)N[C@H](c2ccccn2)[C@H]1c1c(C)c(C)n(-c2ccccc2)c1C. The lowest BCUT2D eigenvalue weighted by Crippen LogP contribution is -2.31. The van der Waals surface area contributed by atoms with E-state index in [1.165, 1.54) is 28.2 Å². The monoisotopic (exact) mass is 418 g/mol. The summed E-state index contributed by atoms with van der Waals surface area (Å²) >= 11 is 5.81. The van der Waals surface area contributed by atoms with E-state index in [1.54, 1.807) is 0 Å². The van der Waals surface area contributed by atoms with E-state index in [4.69, 9.17) is 12.2 Å². The van der Waals surface area contributed by atoms with Gasteiger partial charge < -0.3 is 14.8 Å². The van der Waals surface area contributed by atoms with Crippen molar-refractivity contribution in [3.8, 4) is 5.69 Å². The van der Waals surface area contributed by atoms with Crippen molar-refractivity contribution in [1.29, 1.82) is 0 Å². The number of hydrogen-bond acceptors (Lipinski definition) is 2. The standard InChI is InChI=1S/C25H30N4S/c1-5-6-16-28-24(23(27-25(28)30)21-14-10-11-15-26-21)22-17(2)18(3)29(19(22)4)20-12-8-7-9-13-20/h7-15,23-24H,5-6,16H2,1-4H3,(H,27,30)/t23-,24-/m1/s1. The van der Waals surface area contributed by atoms with E-state index in [-0.39, 0.29) is 12.1 Å². The van der Waals surface area contributed by atoms with Gasteiger partial charge in [-0.05, 0) is 69.2 Å². The van der Waals surface area contributed by atoms with Crippen molar-refractivity contribution in [2.45, 2.75) is 52.6 Å². The van der Waals surface area contributed by atoms with Gasteiger partial charge in [-0.15, -0.1) is 0 Å². The van der Waals surface area contributed by atoms with Gasteiger partial charge in [-0.25, -0.2) is 0 Å². The maximum atomic E-state index is 5.81. The number of hydrogen-bond donors (Lipinski definition) is 1. The van der Waals surface area contributed by atoms with Crippen LogP contribution in [0.2, 0.25) is 0 Å². The van der Waals surface area contributed by atoms with Gasteiger partial charge in [-0.1, -0.05) is 37.6 Å². The molecule has 0 radical (unpaired) electrons. The molecule has 3 aromatic rings. The molecular formula is C25H30N4S. The number of unbranched alkanes of at least 4 members (excludes halogenated alkanes) is 1. The molecule has 1 saturated heterocycles. The molecular weight excluding hydrogens is 388 g/mol. The van der Waals surface area contributed by atoms with Gasteiger partial charge in [-0.3, -0.25) is 4.98 Å². The van der Waals surface area contributed by atoms with Gasteiger partial charge in [0.15, 0.2) is 5.11 Å². The molecule has 0 bridgehead atoms. The Morgan fingerprint density at radius 3 is 2.40 bits per heavy atom. The Labute approximate surface area is 184 Å². The first-order valence-corrected chi connectivity index (χ1v) is 11.2. The van der Waals surface area contributed by atoms with Gasteiger partial charge in [0.2, 0.25) is 0 Å². The smallest absolute Gasteiger partial charge is 0.170 e. The molecule has 0 spiro atoms. The summed E-state index contributed by atoms with van der Waals surface area (Å²) in [5.41, 5.74) is 7.47. The summed E-state index contributed by atoms with van der Waals surface area (Å²) < 4.78 is 2.37. The van der Waals surface area contributed by atoms with Gasteiger partial charge in [-0.2, -0.15) is 0 Å². The fourth-order valence-electron chi connectivity index (χ4n) is 4.69. The average molecular weight is 419 g/mol. The van der Waals surface area contributed by atoms with Gasteiger partial charge in [0.1, 0.15) is 0 Å². The van der Waals surface area contributed by atoms with Crippen LogP contribution in [-0.4, -0.2) is 26.1 Å². The second-order valence-electron chi connectivity index (χ2n) is 8.05. The number of aromatic nitrogens is 2. The molecule has 0 unspecified atom stereocenters. The van der Waals surface area contributed by atoms with Crippen LogP contribution in [0.1, 0.15) is 60.1 Å². The minimum atomic E-state index is 0.0407. The molecule has 2 aromatic heterocycles. The summed E-state index contributed by atoms with van der Waals surface area (Å²) in [5.74, 6) is 0. The molecule has 0 saturated carbocycles. The van der Waals surface area contributed by atoms with Crippen LogP contribution < -0.4 is 5.32 Å². The first-order chi connectivity index (χ1) is 14.5. The third-order valence-electron chi connectivity index (χ3n) is 6.27. The summed E-state index contributed by atoms with van der Waals surface area (Å²) in [7, 11) is 0. The lowest BCUT2D eigenvalue weighted by Gasteiger charge is -2.29. The van der Waals surface area contributed by atoms with Crippen LogP contribution in [0.4, 0.5) is 0 Å². The number of nitrogens with zero attached hydrogens (tertiary/aromatic N) is 3. The van der Waals surface area contributed by atoms with Crippen molar-refractivity contribution >= 4 is 17.3 Å². The first-order valence-electron chi connectivity index (χ1n) is 10.8. The molecule has 1 fully saturated rings. The molecule has 3 heterocycles. The Morgan fingerprint density at radius 1 is 1.00 bits per heavy atom. The quantitative estimate of drug-likeness (QED) is 0.531. The second kappa shape index (κ2) is 8.60. The van der Waals surface area contributed by atoms with Crippen LogP contribution in [0.5, 0.6) is 0 Å². The minimum absolute atomic E-state index is 0.0407. The number of benzene rings is 1. The molecule has 4 rings (SSSR count). The van der Waals surface area contributed by atoms with E-state index >= 15 is 0 Å². The Balaban J connectivity index is 1.87. The summed E-state index contributed by atoms with van der Waals surface area (Å²) in [6.07, 6.45) is 4.12. The molecule has 0 amide bonds. The van der Waals surface area contributed by atoms with Gasteiger partial charge >= 0.3 is 0 Å². The molecule has 5 heteroatoms. The van der Waals surface area contributed by atoms with Gasteiger partial charge in [0.05, 0.1) is 17.8 Å². The Hall–Kier alpha value is -2.66. The Bertz CT molecular complexity index is 1030. The summed E-state index contributed by atoms with van der Waals surface area (Å²) in [4.78, 5) is 7.05. The van der Waals surface area contributed by atoms with E-state index in [2.05, 4.69) is 89.9 Å². The minimum Gasteiger partial charge on any atom is -0.352 e. The summed E-state index contributed by atoms with van der Waals surface area (Å²) in [5, 5.41) is 4.41. The Kier molecular flexibility index (Phi) is 5.91. The lowest BCUT2D eigenvalue weighted by molar-refractivity contribution is 0.311. The highest BCUT2D eigenvalue weighted by Gasteiger charge is 2.42. The van der Waals surface area contributed by atoms with Crippen molar-refractivity contribution in [2.75, 3.05) is 6.54 Å². The molecule has 0 aliphatic carbocycles. The van der Waals surface area contributed by atoms with Crippen LogP contribution in [0.25, 0.3) is 5.69 Å². The molecule has 2 atom stereocenters. The number of pyridine rings is 1. The molecule has 1 N–H and O–H groups in total. The zero-order chi connectivity index (χ0) is 21.3. The highest BCUT2D eigenvalue weighted by Crippen LogP contribution is 2.43. The number of rotatable bonds is 6. The lowest BCUT2D eigenvalue weighted by atomic mass is 9.93. The van der Waals surface area contributed by atoms with Crippen molar-refractivity contribution < 1.29 is 0 Å². The van der Waals surface area contributed by atoms with Crippen LogP contribution >= 0.6 is 12.2 Å². The highest BCUT2D eigenvalue weighted by molar-refractivity contribution is 7.80.